The molecule has 0 aliphatic rings. The second kappa shape index (κ2) is 4.34. The summed E-state index contributed by atoms with van der Waals surface area (Å²) in [6.45, 7) is 2.83. The van der Waals surface area contributed by atoms with E-state index in [0.29, 0.717) is 11.7 Å². The summed E-state index contributed by atoms with van der Waals surface area (Å²) in [6.07, 6.45) is 0. The molecule has 2 aromatic heterocycles. The van der Waals surface area contributed by atoms with Crippen molar-refractivity contribution in [2.45, 2.75) is 13.5 Å². The number of oxazole rings is 1. The molecule has 4 nitrogen and oxygen atoms in total. The van der Waals surface area contributed by atoms with E-state index in [-0.39, 0.29) is 0 Å². The zero-order chi connectivity index (χ0) is 12.5. The summed E-state index contributed by atoms with van der Waals surface area (Å²) in [5.41, 5.74) is 9.20. The number of nitrogens with one attached hydrogen (secondary N) is 1. The van der Waals surface area contributed by atoms with Crippen LogP contribution in [0.4, 0.5) is 11.7 Å². The predicted molar refractivity (Wildman–Crippen MR) is 74.8 cm³/mol. The average Bonchev–Trinajstić information content (AvgIpc) is 2.92. The van der Waals surface area contributed by atoms with Crippen LogP contribution >= 0.6 is 11.3 Å². The van der Waals surface area contributed by atoms with Gasteiger partial charge in [0.1, 0.15) is 5.52 Å². The summed E-state index contributed by atoms with van der Waals surface area (Å²) in [4.78, 5) is 5.64. The maximum atomic E-state index is 5.70. The fraction of sp³-hybridized carbons (Fsp3) is 0.154. The molecule has 0 saturated heterocycles. The number of anilines is 2. The van der Waals surface area contributed by atoms with E-state index in [1.807, 2.05) is 6.07 Å². The molecule has 0 saturated carbocycles. The predicted octanol–water partition coefficient (Wildman–Crippen LogP) is 3.39. The van der Waals surface area contributed by atoms with Gasteiger partial charge in [0.05, 0.1) is 6.54 Å². The Morgan fingerprint density at radius 3 is 3.06 bits per heavy atom. The van der Waals surface area contributed by atoms with Gasteiger partial charge >= 0.3 is 0 Å². The van der Waals surface area contributed by atoms with Crippen LogP contribution < -0.4 is 11.1 Å². The van der Waals surface area contributed by atoms with Crippen molar-refractivity contribution in [2.75, 3.05) is 11.1 Å². The number of fused-ring (bicyclic) bond motifs is 1. The molecule has 92 valence electrons. The van der Waals surface area contributed by atoms with Crippen molar-refractivity contribution >= 4 is 34.1 Å². The van der Waals surface area contributed by atoms with E-state index < -0.39 is 0 Å². The SMILES string of the molecule is Cc1ccsc1CNc1nc2cc(N)ccc2o1. The van der Waals surface area contributed by atoms with Crippen LogP contribution in [0.2, 0.25) is 0 Å². The van der Waals surface area contributed by atoms with E-state index in [1.54, 1.807) is 23.5 Å². The molecule has 0 unspecified atom stereocenters. The first-order chi connectivity index (χ1) is 8.72. The molecule has 2 heterocycles. The first-order valence-electron chi connectivity index (χ1n) is 5.65. The van der Waals surface area contributed by atoms with Gasteiger partial charge in [-0.15, -0.1) is 11.3 Å². The van der Waals surface area contributed by atoms with Crippen LogP contribution in [0.25, 0.3) is 11.1 Å². The van der Waals surface area contributed by atoms with Gasteiger partial charge in [-0.3, -0.25) is 0 Å². The summed E-state index contributed by atoms with van der Waals surface area (Å²) in [5, 5.41) is 5.27. The molecular formula is C13H13N3OS. The molecule has 3 rings (SSSR count). The quantitative estimate of drug-likeness (QED) is 0.708. The number of thiophene rings is 1. The summed E-state index contributed by atoms with van der Waals surface area (Å²) >= 11 is 1.73. The molecule has 5 heteroatoms. The fourth-order valence-electron chi connectivity index (χ4n) is 1.76. The first-order valence-corrected chi connectivity index (χ1v) is 6.53. The Bertz CT molecular complexity index is 686. The summed E-state index contributed by atoms with van der Waals surface area (Å²) < 4.78 is 5.59. The van der Waals surface area contributed by atoms with E-state index in [2.05, 4.69) is 28.7 Å². The first kappa shape index (κ1) is 11.1. The molecule has 3 N–H and O–H groups in total. The van der Waals surface area contributed by atoms with Crippen molar-refractivity contribution < 1.29 is 4.42 Å². The van der Waals surface area contributed by atoms with Crippen molar-refractivity contribution in [3.05, 3.63) is 40.1 Å². The number of nitrogens with two attached hydrogens (primary N) is 1. The van der Waals surface area contributed by atoms with Crippen molar-refractivity contribution in [1.29, 1.82) is 0 Å². The molecule has 0 aliphatic carbocycles. The van der Waals surface area contributed by atoms with Crippen LogP contribution in [-0.4, -0.2) is 4.98 Å². The van der Waals surface area contributed by atoms with E-state index in [9.17, 15) is 0 Å². The lowest BCUT2D eigenvalue weighted by molar-refractivity contribution is 0.615. The van der Waals surface area contributed by atoms with E-state index >= 15 is 0 Å². The third kappa shape index (κ3) is 2.04. The second-order valence-electron chi connectivity index (χ2n) is 4.13. The zero-order valence-electron chi connectivity index (χ0n) is 9.93. The molecule has 0 amide bonds. The molecule has 1 aromatic carbocycles. The number of benzene rings is 1. The van der Waals surface area contributed by atoms with Crippen LogP contribution in [0.15, 0.2) is 34.1 Å². The minimum atomic E-state index is 0.531. The number of hydrogen-bond donors (Lipinski definition) is 2. The maximum absolute atomic E-state index is 5.70. The Balaban J connectivity index is 1.81. The molecule has 3 aromatic rings. The topological polar surface area (TPSA) is 64.1 Å². The highest BCUT2D eigenvalue weighted by Crippen LogP contribution is 2.22. The second-order valence-corrected chi connectivity index (χ2v) is 5.13. The normalized spacial score (nSPS) is 10.9. The summed E-state index contributed by atoms with van der Waals surface area (Å²) in [6, 6.07) is 8.08. The van der Waals surface area contributed by atoms with Crippen LogP contribution in [0.3, 0.4) is 0 Å². The Morgan fingerprint density at radius 1 is 1.39 bits per heavy atom. The van der Waals surface area contributed by atoms with Crippen LogP contribution in [0.5, 0.6) is 0 Å². The third-order valence-electron chi connectivity index (χ3n) is 2.78. The van der Waals surface area contributed by atoms with Gasteiger partial charge in [0, 0.05) is 10.6 Å². The van der Waals surface area contributed by atoms with Gasteiger partial charge in [0.2, 0.25) is 0 Å². The lowest BCUT2D eigenvalue weighted by atomic mass is 10.3. The molecule has 0 fully saturated rings. The monoisotopic (exact) mass is 259 g/mol. The van der Waals surface area contributed by atoms with Crippen molar-refractivity contribution in [1.82, 2.24) is 4.98 Å². The maximum Gasteiger partial charge on any atom is 0.295 e. The smallest absolute Gasteiger partial charge is 0.295 e. The van der Waals surface area contributed by atoms with Gasteiger partial charge in [-0.05, 0) is 42.1 Å². The average molecular weight is 259 g/mol. The van der Waals surface area contributed by atoms with Gasteiger partial charge in [-0.25, -0.2) is 0 Å². The van der Waals surface area contributed by atoms with E-state index in [0.717, 1.165) is 17.6 Å². The van der Waals surface area contributed by atoms with E-state index in [4.69, 9.17) is 10.2 Å². The Hall–Kier alpha value is -2.01. The lowest BCUT2D eigenvalue weighted by Gasteiger charge is -1.99. The van der Waals surface area contributed by atoms with Gasteiger partial charge in [0.15, 0.2) is 5.58 Å². The lowest BCUT2D eigenvalue weighted by Crippen LogP contribution is -1.98. The fourth-order valence-corrected chi connectivity index (χ4v) is 2.61. The van der Waals surface area contributed by atoms with Crippen LogP contribution in [0, 0.1) is 6.92 Å². The molecule has 0 radical (unpaired) electrons. The number of aryl methyl sites for hydroxylation is 1. The van der Waals surface area contributed by atoms with Gasteiger partial charge in [-0.2, -0.15) is 4.98 Å². The third-order valence-corrected chi connectivity index (χ3v) is 3.80. The van der Waals surface area contributed by atoms with Crippen LogP contribution in [-0.2, 0) is 6.54 Å². The number of aromatic nitrogens is 1. The molecule has 0 spiro atoms. The van der Waals surface area contributed by atoms with Gasteiger partial charge < -0.3 is 15.5 Å². The summed E-state index contributed by atoms with van der Waals surface area (Å²) in [5.74, 6) is 0. The van der Waals surface area contributed by atoms with E-state index in [1.165, 1.54) is 10.4 Å². The minimum Gasteiger partial charge on any atom is -0.424 e. The number of nitrogen functional groups attached to an aromatic ring is 1. The van der Waals surface area contributed by atoms with Gasteiger partial charge in [0.25, 0.3) is 6.01 Å². The molecule has 18 heavy (non-hydrogen) atoms. The zero-order valence-corrected chi connectivity index (χ0v) is 10.8. The number of rotatable bonds is 3. The molecule has 0 bridgehead atoms. The van der Waals surface area contributed by atoms with Crippen molar-refractivity contribution in [3.8, 4) is 0 Å². The highest BCUT2D eigenvalue weighted by Gasteiger charge is 2.06. The van der Waals surface area contributed by atoms with Crippen molar-refractivity contribution in [2.24, 2.45) is 0 Å². The highest BCUT2D eigenvalue weighted by atomic mass is 32.1. The Labute approximate surface area is 108 Å². The molecule has 0 aliphatic heterocycles. The minimum absolute atomic E-state index is 0.531. The number of hydrogen-bond acceptors (Lipinski definition) is 5. The standard InChI is InChI=1S/C13H13N3OS/c1-8-4-5-18-12(8)7-15-13-16-10-6-9(14)2-3-11(10)17-13/h2-6H,7,14H2,1H3,(H,15,16). The molecular weight excluding hydrogens is 246 g/mol. The largest absolute Gasteiger partial charge is 0.424 e. The Morgan fingerprint density at radius 2 is 2.28 bits per heavy atom. The van der Waals surface area contributed by atoms with Gasteiger partial charge in [-0.1, -0.05) is 0 Å². The van der Waals surface area contributed by atoms with Crippen LogP contribution in [0.1, 0.15) is 10.4 Å². The number of nitrogens with zero attached hydrogens (tertiary/aromatic N) is 1. The summed E-state index contributed by atoms with van der Waals surface area (Å²) in [7, 11) is 0. The Kier molecular flexibility index (Phi) is 2.68. The molecule has 0 atom stereocenters. The van der Waals surface area contributed by atoms with Crippen molar-refractivity contribution in [3.63, 3.8) is 0 Å². The highest BCUT2D eigenvalue weighted by molar-refractivity contribution is 7.10.